The maximum Gasteiger partial charge on any atom is 0.275 e. The van der Waals surface area contributed by atoms with Crippen molar-refractivity contribution in [3.8, 4) is 5.75 Å². The molecular weight excluding hydrogens is 303 g/mol. The zero-order valence-electron chi connectivity index (χ0n) is 10.6. The first-order chi connectivity index (χ1) is 9.51. The first kappa shape index (κ1) is 14.8. The number of amides is 1. The van der Waals surface area contributed by atoms with Crippen LogP contribution in [0, 0.1) is 12.7 Å². The summed E-state index contributed by atoms with van der Waals surface area (Å²) in [5.74, 6) is 4.71. The van der Waals surface area contributed by atoms with Crippen LogP contribution in [0.3, 0.4) is 0 Å². The number of rotatable bonds is 4. The Bertz CT molecular complexity index is 645. The van der Waals surface area contributed by atoms with Gasteiger partial charge in [0.15, 0.2) is 0 Å². The molecule has 2 aromatic rings. The third-order valence-corrected chi connectivity index (χ3v) is 4.04. The molecule has 1 heterocycles. The zero-order valence-corrected chi connectivity index (χ0v) is 12.1. The average molecular weight is 315 g/mol. The average Bonchev–Trinajstić information content (AvgIpc) is 2.78. The number of nitrogens with two attached hydrogens (primary N) is 1. The fourth-order valence-corrected chi connectivity index (χ4v) is 2.75. The molecule has 0 fully saturated rings. The zero-order chi connectivity index (χ0) is 14.7. The van der Waals surface area contributed by atoms with Crippen molar-refractivity contribution < 1.29 is 13.9 Å². The van der Waals surface area contributed by atoms with Gasteiger partial charge in [-0.15, -0.1) is 11.3 Å². The Morgan fingerprint density at radius 3 is 2.90 bits per heavy atom. The van der Waals surface area contributed by atoms with Crippen LogP contribution in [0.1, 0.15) is 20.1 Å². The smallest absolute Gasteiger partial charge is 0.275 e. The number of ether oxygens (including phenoxy) is 1. The van der Waals surface area contributed by atoms with Crippen LogP contribution >= 0.6 is 22.9 Å². The summed E-state index contributed by atoms with van der Waals surface area (Å²) in [5, 5.41) is 0.206. The first-order valence-corrected chi connectivity index (χ1v) is 6.89. The quantitative estimate of drug-likeness (QED) is 0.518. The lowest BCUT2D eigenvalue weighted by molar-refractivity contribution is 0.0957. The van der Waals surface area contributed by atoms with Gasteiger partial charge in [0.25, 0.3) is 5.91 Å². The number of thiophene rings is 1. The SMILES string of the molecule is Cc1sc(C(=O)NN)cc1COc1ccc(F)cc1Cl. The van der Waals surface area contributed by atoms with E-state index in [2.05, 4.69) is 5.43 Å². The molecule has 0 aliphatic heterocycles. The van der Waals surface area contributed by atoms with Gasteiger partial charge < -0.3 is 4.74 Å². The van der Waals surface area contributed by atoms with Gasteiger partial charge in [0.05, 0.1) is 9.90 Å². The molecule has 1 aromatic carbocycles. The van der Waals surface area contributed by atoms with Crippen molar-refractivity contribution in [2.24, 2.45) is 5.84 Å². The van der Waals surface area contributed by atoms with Crippen LogP contribution in [0.25, 0.3) is 0 Å². The highest BCUT2D eigenvalue weighted by Gasteiger charge is 2.12. The van der Waals surface area contributed by atoms with E-state index in [1.54, 1.807) is 6.07 Å². The number of nitrogens with one attached hydrogen (secondary N) is 1. The van der Waals surface area contributed by atoms with E-state index < -0.39 is 5.82 Å². The van der Waals surface area contributed by atoms with E-state index in [1.807, 2.05) is 6.92 Å². The van der Waals surface area contributed by atoms with E-state index in [0.717, 1.165) is 10.4 Å². The molecule has 4 nitrogen and oxygen atoms in total. The van der Waals surface area contributed by atoms with Crippen molar-refractivity contribution in [1.29, 1.82) is 0 Å². The molecule has 0 aliphatic carbocycles. The molecule has 0 radical (unpaired) electrons. The fraction of sp³-hybridized carbons (Fsp3) is 0.154. The number of benzene rings is 1. The minimum Gasteiger partial charge on any atom is -0.487 e. The Balaban J connectivity index is 2.11. The molecule has 0 atom stereocenters. The number of hydrogen-bond donors (Lipinski definition) is 2. The Morgan fingerprint density at radius 1 is 1.50 bits per heavy atom. The topological polar surface area (TPSA) is 64.4 Å². The second kappa shape index (κ2) is 6.21. The molecule has 0 bridgehead atoms. The summed E-state index contributed by atoms with van der Waals surface area (Å²) in [4.78, 5) is 12.9. The van der Waals surface area contributed by atoms with Crippen LogP contribution in [0.5, 0.6) is 5.75 Å². The summed E-state index contributed by atoms with van der Waals surface area (Å²) in [6.07, 6.45) is 0. The van der Waals surface area contributed by atoms with E-state index in [9.17, 15) is 9.18 Å². The third-order valence-electron chi connectivity index (χ3n) is 2.65. The normalized spacial score (nSPS) is 10.4. The lowest BCUT2D eigenvalue weighted by atomic mass is 10.2. The van der Waals surface area contributed by atoms with E-state index >= 15 is 0 Å². The van der Waals surface area contributed by atoms with Gasteiger partial charge in [-0.25, -0.2) is 10.2 Å². The van der Waals surface area contributed by atoms with Crippen LogP contribution in [0.4, 0.5) is 4.39 Å². The molecule has 1 amide bonds. The van der Waals surface area contributed by atoms with Crippen LogP contribution in [0.15, 0.2) is 24.3 Å². The van der Waals surface area contributed by atoms with E-state index in [1.165, 1.54) is 29.5 Å². The molecule has 0 unspecified atom stereocenters. The number of carbonyl (C=O) groups is 1. The lowest BCUT2D eigenvalue weighted by Gasteiger charge is -2.07. The van der Waals surface area contributed by atoms with Crippen molar-refractivity contribution in [2.45, 2.75) is 13.5 Å². The first-order valence-electron chi connectivity index (χ1n) is 5.69. The summed E-state index contributed by atoms with van der Waals surface area (Å²) in [5.41, 5.74) is 2.93. The van der Waals surface area contributed by atoms with Crippen molar-refractivity contribution >= 4 is 28.8 Å². The van der Waals surface area contributed by atoms with Crippen molar-refractivity contribution in [3.05, 3.63) is 50.4 Å². The van der Waals surface area contributed by atoms with Gasteiger partial charge in [0, 0.05) is 10.4 Å². The van der Waals surface area contributed by atoms with E-state index in [0.29, 0.717) is 10.6 Å². The number of halogens is 2. The fourth-order valence-electron chi connectivity index (χ4n) is 1.59. The van der Waals surface area contributed by atoms with Gasteiger partial charge in [-0.3, -0.25) is 10.2 Å². The van der Waals surface area contributed by atoms with E-state index in [-0.39, 0.29) is 17.5 Å². The summed E-state index contributed by atoms with van der Waals surface area (Å²) < 4.78 is 18.4. The van der Waals surface area contributed by atoms with Gasteiger partial charge in [0.1, 0.15) is 18.2 Å². The molecule has 3 N–H and O–H groups in total. The Morgan fingerprint density at radius 2 is 2.25 bits per heavy atom. The maximum absolute atomic E-state index is 12.9. The molecule has 7 heteroatoms. The summed E-state index contributed by atoms with van der Waals surface area (Å²) in [6, 6.07) is 5.63. The molecule has 20 heavy (non-hydrogen) atoms. The maximum atomic E-state index is 12.9. The van der Waals surface area contributed by atoms with E-state index in [4.69, 9.17) is 22.2 Å². The standard InChI is InChI=1S/C13H12ClFN2O2S/c1-7-8(4-12(20-7)13(18)17-16)6-19-11-3-2-9(15)5-10(11)14/h2-5H,6,16H2,1H3,(H,17,18). The highest BCUT2D eigenvalue weighted by Crippen LogP contribution is 2.27. The van der Waals surface area contributed by atoms with Gasteiger partial charge in [0.2, 0.25) is 0 Å². The molecular formula is C13H12ClFN2O2S. The van der Waals surface area contributed by atoms with Gasteiger partial charge in [-0.05, 0) is 31.2 Å². The summed E-state index contributed by atoms with van der Waals surface area (Å²) >= 11 is 7.19. The van der Waals surface area contributed by atoms with Gasteiger partial charge in [-0.1, -0.05) is 11.6 Å². The van der Waals surface area contributed by atoms with Crippen LogP contribution in [-0.4, -0.2) is 5.91 Å². The number of aryl methyl sites for hydroxylation is 1. The molecule has 0 saturated carbocycles. The number of nitrogen functional groups attached to an aromatic ring is 1. The van der Waals surface area contributed by atoms with Crippen LogP contribution in [-0.2, 0) is 6.61 Å². The predicted molar refractivity (Wildman–Crippen MR) is 76.5 cm³/mol. The molecule has 1 aromatic heterocycles. The molecule has 2 rings (SSSR count). The number of hydrogen-bond acceptors (Lipinski definition) is 4. The molecule has 0 aliphatic rings. The second-order valence-corrected chi connectivity index (χ2v) is 5.69. The van der Waals surface area contributed by atoms with Crippen molar-refractivity contribution in [2.75, 3.05) is 0 Å². The van der Waals surface area contributed by atoms with Gasteiger partial charge >= 0.3 is 0 Å². The summed E-state index contributed by atoms with van der Waals surface area (Å²) in [7, 11) is 0. The molecule has 0 saturated heterocycles. The number of carbonyl (C=O) groups excluding carboxylic acids is 1. The number of hydrazine groups is 1. The van der Waals surface area contributed by atoms with Gasteiger partial charge in [-0.2, -0.15) is 0 Å². The Labute approximate surface area is 124 Å². The minimum absolute atomic E-state index is 0.206. The lowest BCUT2D eigenvalue weighted by Crippen LogP contribution is -2.29. The highest BCUT2D eigenvalue weighted by atomic mass is 35.5. The van der Waals surface area contributed by atoms with Crippen molar-refractivity contribution in [3.63, 3.8) is 0 Å². The van der Waals surface area contributed by atoms with Crippen LogP contribution < -0.4 is 16.0 Å². The second-order valence-electron chi connectivity index (χ2n) is 4.03. The predicted octanol–water partition coefficient (Wildman–Crippen LogP) is 3.03. The molecule has 0 spiro atoms. The highest BCUT2D eigenvalue weighted by molar-refractivity contribution is 7.14. The Kier molecular flexibility index (Phi) is 4.59. The third kappa shape index (κ3) is 3.27. The van der Waals surface area contributed by atoms with Crippen LogP contribution in [0.2, 0.25) is 5.02 Å². The minimum atomic E-state index is -0.420. The van der Waals surface area contributed by atoms with Crippen molar-refractivity contribution in [1.82, 2.24) is 5.43 Å². The largest absolute Gasteiger partial charge is 0.487 e. The summed E-state index contributed by atoms with van der Waals surface area (Å²) in [6.45, 7) is 2.12. The molecule has 106 valence electrons. The Hall–Kier alpha value is -1.63. The monoisotopic (exact) mass is 314 g/mol.